The van der Waals surface area contributed by atoms with Gasteiger partial charge < -0.3 is 10.2 Å². The number of nitrogens with zero attached hydrogens (tertiary/aromatic N) is 1. The van der Waals surface area contributed by atoms with Crippen molar-refractivity contribution in [1.29, 1.82) is 0 Å². The minimum Gasteiger partial charge on any atom is -0.310 e. The zero-order valence-electron chi connectivity index (χ0n) is 11.9. The molecule has 0 aliphatic carbocycles. The van der Waals surface area contributed by atoms with Crippen molar-refractivity contribution in [2.45, 2.75) is 25.4 Å². The van der Waals surface area contributed by atoms with Crippen LogP contribution in [0.1, 0.15) is 16.7 Å². The Balaban J connectivity index is 1.57. The summed E-state index contributed by atoms with van der Waals surface area (Å²) in [6.45, 7) is 1.58. The molecule has 2 aliphatic rings. The quantitative estimate of drug-likeness (QED) is 0.868. The van der Waals surface area contributed by atoms with Crippen molar-refractivity contribution in [3.8, 4) is 0 Å². The highest BCUT2D eigenvalue weighted by Crippen LogP contribution is 2.29. The maximum absolute atomic E-state index is 12.8. The lowest BCUT2D eigenvalue weighted by molar-refractivity contribution is -0.120. The van der Waals surface area contributed by atoms with Gasteiger partial charge in [-0.3, -0.25) is 4.79 Å². The molecule has 0 aromatic heterocycles. The van der Waals surface area contributed by atoms with Crippen LogP contribution in [0, 0.1) is 0 Å². The molecule has 0 radical (unpaired) electrons. The van der Waals surface area contributed by atoms with Crippen LogP contribution in [0.4, 0.5) is 5.69 Å². The summed E-state index contributed by atoms with van der Waals surface area (Å²) >= 11 is 0. The summed E-state index contributed by atoms with van der Waals surface area (Å²) in [4.78, 5) is 14.8. The van der Waals surface area contributed by atoms with Gasteiger partial charge in [0.25, 0.3) is 0 Å². The van der Waals surface area contributed by atoms with Crippen molar-refractivity contribution in [3.63, 3.8) is 0 Å². The standard InChI is InChI=1S/C18H18N2O/c21-18(20-10-9-13-5-3-4-8-17(13)20)16-11-14-6-1-2-7-15(14)12-19-16/h1-8,16,19H,9-12H2. The lowest BCUT2D eigenvalue weighted by atomic mass is 9.95. The molecular weight excluding hydrogens is 260 g/mol. The van der Waals surface area contributed by atoms with E-state index in [-0.39, 0.29) is 11.9 Å². The van der Waals surface area contributed by atoms with E-state index in [4.69, 9.17) is 0 Å². The van der Waals surface area contributed by atoms with Gasteiger partial charge in [0.15, 0.2) is 0 Å². The lowest BCUT2D eigenvalue weighted by Gasteiger charge is -2.29. The Morgan fingerprint density at radius 1 is 1.00 bits per heavy atom. The van der Waals surface area contributed by atoms with Crippen molar-refractivity contribution in [2.24, 2.45) is 0 Å². The first-order valence-corrected chi connectivity index (χ1v) is 7.52. The summed E-state index contributed by atoms with van der Waals surface area (Å²) in [5.74, 6) is 0.203. The Hall–Kier alpha value is -2.13. The summed E-state index contributed by atoms with van der Waals surface area (Å²) in [5.41, 5.74) is 4.97. The van der Waals surface area contributed by atoms with E-state index in [0.29, 0.717) is 0 Å². The van der Waals surface area contributed by atoms with Gasteiger partial charge in [0.1, 0.15) is 0 Å². The number of carbonyl (C=O) groups excluding carboxylic acids is 1. The molecule has 1 amide bonds. The number of amides is 1. The fraction of sp³-hybridized carbons (Fsp3) is 0.278. The van der Waals surface area contributed by atoms with Crippen LogP contribution in [0.15, 0.2) is 48.5 Å². The average Bonchev–Trinajstić information content (AvgIpc) is 2.98. The van der Waals surface area contributed by atoms with Crippen LogP contribution in [0.3, 0.4) is 0 Å². The van der Waals surface area contributed by atoms with E-state index in [0.717, 1.165) is 31.6 Å². The molecule has 1 N–H and O–H groups in total. The second-order valence-corrected chi connectivity index (χ2v) is 5.77. The van der Waals surface area contributed by atoms with Gasteiger partial charge in [-0.05, 0) is 35.6 Å². The number of hydrogen-bond acceptors (Lipinski definition) is 2. The zero-order valence-corrected chi connectivity index (χ0v) is 11.9. The third kappa shape index (κ3) is 2.14. The number of nitrogens with one attached hydrogen (secondary N) is 1. The lowest BCUT2D eigenvalue weighted by Crippen LogP contribution is -2.49. The second kappa shape index (κ2) is 5.01. The van der Waals surface area contributed by atoms with E-state index < -0.39 is 0 Å². The molecule has 4 rings (SSSR count). The third-order valence-electron chi connectivity index (χ3n) is 4.53. The van der Waals surface area contributed by atoms with Crippen molar-refractivity contribution in [3.05, 3.63) is 65.2 Å². The predicted octanol–water partition coefficient (Wildman–Crippen LogP) is 2.29. The van der Waals surface area contributed by atoms with Crippen molar-refractivity contribution < 1.29 is 4.79 Å². The Bertz CT molecular complexity index is 695. The number of hydrogen-bond donors (Lipinski definition) is 1. The monoisotopic (exact) mass is 278 g/mol. The summed E-state index contributed by atoms with van der Waals surface area (Å²) in [6, 6.07) is 16.5. The minimum absolute atomic E-state index is 0.106. The van der Waals surface area contributed by atoms with Gasteiger partial charge in [0, 0.05) is 18.8 Å². The van der Waals surface area contributed by atoms with Gasteiger partial charge in [-0.2, -0.15) is 0 Å². The SMILES string of the molecule is O=C(C1Cc2ccccc2CN1)N1CCc2ccccc21. The van der Waals surface area contributed by atoms with Gasteiger partial charge in [-0.15, -0.1) is 0 Å². The predicted molar refractivity (Wildman–Crippen MR) is 83.3 cm³/mol. The third-order valence-corrected chi connectivity index (χ3v) is 4.53. The molecule has 0 bridgehead atoms. The molecule has 2 aromatic rings. The summed E-state index contributed by atoms with van der Waals surface area (Å²) in [7, 11) is 0. The maximum atomic E-state index is 12.8. The van der Waals surface area contributed by atoms with E-state index >= 15 is 0 Å². The number of fused-ring (bicyclic) bond motifs is 2. The average molecular weight is 278 g/mol. The number of benzene rings is 2. The minimum atomic E-state index is -0.106. The van der Waals surface area contributed by atoms with E-state index in [1.807, 2.05) is 17.0 Å². The molecule has 0 saturated carbocycles. The first-order chi connectivity index (χ1) is 10.3. The van der Waals surface area contributed by atoms with Crippen molar-refractivity contribution in [2.75, 3.05) is 11.4 Å². The van der Waals surface area contributed by atoms with Gasteiger partial charge in [-0.1, -0.05) is 42.5 Å². The summed E-state index contributed by atoms with van der Waals surface area (Å²) in [6.07, 6.45) is 1.75. The number of anilines is 1. The van der Waals surface area contributed by atoms with E-state index in [2.05, 4.69) is 41.7 Å². The Labute approximate surface area is 124 Å². The second-order valence-electron chi connectivity index (χ2n) is 5.77. The molecule has 1 atom stereocenters. The molecule has 3 heteroatoms. The Kier molecular flexibility index (Phi) is 3.00. The van der Waals surface area contributed by atoms with Crippen LogP contribution in [-0.2, 0) is 24.2 Å². The molecule has 2 aromatic carbocycles. The summed E-state index contributed by atoms with van der Waals surface area (Å²) in [5, 5.41) is 3.39. The highest BCUT2D eigenvalue weighted by Gasteiger charge is 2.31. The molecule has 0 fully saturated rings. The zero-order chi connectivity index (χ0) is 14.2. The van der Waals surface area contributed by atoms with E-state index in [1.165, 1.54) is 16.7 Å². The molecule has 2 heterocycles. The fourth-order valence-corrected chi connectivity index (χ4v) is 3.38. The Morgan fingerprint density at radius 3 is 2.57 bits per heavy atom. The first kappa shape index (κ1) is 12.6. The highest BCUT2D eigenvalue weighted by molar-refractivity contribution is 5.99. The van der Waals surface area contributed by atoms with E-state index in [9.17, 15) is 4.79 Å². The maximum Gasteiger partial charge on any atom is 0.244 e. The topological polar surface area (TPSA) is 32.3 Å². The molecule has 3 nitrogen and oxygen atoms in total. The van der Waals surface area contributed by atoms with Gasteiger partial charge >= 0.3 is 0 Å². The smallest absolute Gasteiger partial charge is 0.244 e. The van der Waals surface area contributed by atoms with Crippen LogP contribution in [-0.4, -0.2) is 18.5 Å². The molecular formula is C18H18N2O. The van der Waals surface area contributed by atoms with Gasteiger partial charge in [0.05, 0.1) is 6.04 Å². The number of carbonyl (C=O) groups is 1. The van der Waals surface area contributed by atoms with Crippen molar-refractivity contribution in [1.82, 2.24) is 5.32 Å². The van der Waals surface area contributed by atoms with Crippen LogP contribution in [0.2, 0.25) is 0 Å². The fourth-order valence-electron chi connectivity index (χ4n) is 3.38. The molecule has 106 valence electrons. The largest absolute Gasteiger partial charge is 0.310 e. The number of para-hydroxylation sites is 1. The van der Waals surface area contributed by atoms with Gasteiger partial charge in [-0.25, -0.2) is 0 Å². The Morgan fingerprint density at radius 2 is 1.71 bits per heavy atom. The van der Waals surface area contributed by atoms with Crippen LogP contribution in [0.25, 0.3) is 0 Å². The first-order valence-electron chi connectivity index (χ1n) is 7.52. The molecule has 0 spiro atoms. The van der Waals surface area contributed by atoms with Crippen LogP contribution in [0.5, 0.6) is 0 Å². The molecule has 2 aliphatic heterocycles. The van der Waals surface area contributed by atoms with Crippen molar-refractivity contribution >= 4 is 11.6 Å². The van der Waals surface area contributed by atoms with Gasteiger partial charge in [0.2, 0.25) is 5.91 Å². The molecule has 0 saturated heterocycles. The highest BCUT2D eigenvalue weighted by atomic mass is 16.2. The number of rotatable bonds is 1. The van der Waals surface area contributed by atoms with E-state index in [1.54, 1.807) is 0 Å². The van der Waals surface area contributed by atoms with Crippen LogP contribution >= 0.6 is 0 Å². The summed E-state index contributed by atoms with van der Waals surface area (Å²) < 4.78 is 0. The van der Waals surface area contributed by atoms with Crippen LogP contribution < -0.4 is 10.2 Å². The molecule has 1 unspecified atom stereocenters. The normalized spacial score (nSPS) is 20.0. The molecule has 21 heavy (non-hydrogen) atoms.